The highest BCUT2D eigenvalue weighted by Gasteiger charge is 2.23. The standard InChI is InChI=1S/C13H15BrN4S/c14-10-6-12(19-9-10)8-18-5-2-11(7-18)17-13-15-3-1-4-16-13/h1,3-4,6,9,11H,2,5,7-8H2,(H,15,16,17). The third kappa shape index (κ3) is 3.52. The maximum absolute atomic E-state index is 4.21. The molecule has 2 aromatic heterocycles. The van der Waals surface area contributed by atoms with E-state index in [2.05, 4.69) is 47.6 Å². The fourth-order valence-electron chi connectivity index (χ4n) is 2.31. The van der Waals surface area contributed by atoms with E-state index in [1.165, 1.54) is 9.35 Å². The van der Waals surface area contributed by atoms with Crippen molar-refractivity contribution in [2.45, 2.75) is 19.0 Å². The number of nitrogens with one attached hydrogen (secondary N) is 1. The second-order valence-corrected chi connectivity index (χ2v) is 6.58. The summed E-state index contributed by atoms with van der Waals surface area (Å²) in [6.45, 7) is 3.21. The van der Waals surface area contributed by atoms with Crippen LogP contribution in [0.2, 0.25) is 0 Å². The molecule has 4 nitrogen and oxygen atoms in total. The van der Waals surface area contributed by atoms with Gasteiger partial charge in [-0.25, -0.2) is 9.97 Å². The lowest BCUT2D eigenvalue weighted by Crippen LogP contribution is -2.26. The summed E-state index contributed by atoms with van der Waals surface area (Å²) < 4.78 is 1.18. The van der Waals surface area contributed by atoms with Gasteiger partial charge in [0.15, 0.2) is 0 Å². The first-order valence-electron chi connectivity index (χ1n) is 6.28. The number of halogens is 1. The van der Waals surface area contributed by atoms with E-state index in [1.807, 2.05) is 17.4 Å². The fraction of sp³-hybridized carbons (Fsp3) is 0.385. The number of hydrogen-bond acceptors (Lipinski definition) is 5. The molecule has 0 amide bonds. The van der Waals surface area contributed by atoms with Crippen LogP contribution in [0.15, 0.2) is 34.4 Å². The van der Waals surface area contributed by atoms with Crippen molar-refractivity contribution in [1.29, 1.82) is 0 Å². The first-order valence-corrected chi connectivity index (χ1v) is 7.96. The molecular weight excluding hydrogens is 324 g/mol. The summed E-state index contributed by atoms with van der Waals surface area (Å²) in [5, 5.41) is 5.53. The highest BCUT2D eigenvalue weighted by atomic mass is 79.9. The molecule has 1 fully saturated rings. The van der Waals surface area contributed by atoms with Gasteiger partial charge in [-0.2, -0.15) is 0 Å². The maximum atomic E-state index is 4.21. The van der Waals surface area contributed by atoms with Crippen molar-refractivity contribution in [3.63, 3.8) is 0 Å². The Balaban J connectivity index is 1.53. The highest BCUT2D eigenvalue weighted by Crippen LogP contribution is 2.23. The van der Waals surface area contributed by atoms with Gasteiger partial charge in [-0.3, -0.25) is 4.90 Å². The van der Waals surface area contributed by atoms with Crippen molar-refractivity contribution < 1.29 is 0 Å². The highest BCUT2D eigenvalue weighted by molar-refractivity contribution is 9.10. The monoisotopic (exact) mass is 338 g/mol. The number of aromatic nitrogens is 2. The minimum atomic E-state index is 0.450. The van der Waals surface area contributed by atoms with Crippen molar-refractivity contribution in [2.24, 2.45) is 0 Å². The van der Waals surface area contributed by atoms with Crippen LogP contribution in [0.3, 0.4) is 0 Å². The summed E-state index contributed by atoms with van der Waals surface area (Å²) in [7, 11) is 0. The average Bonchev–Trinajstić information content (AvgIpc) is 3.01. The Morgan fingerprint density at radius 3 is 3.00 bits per heavy atom. The Hall–Kier alpha value is -0.980. The average molecular weight is 339 g/mol. The minimum Gasteiger partial charge on any atom is -0.350 e. The number of likely N-dealkylation sites (tertiary alicyclic amines) is 1. The Morgan fingerprint density at radius 1 is 1.42 bits per heavy atom. The van der Waals surface area contributed by atoms with Gasteiger partial charge in [0.05, 0.1) is 0 Å². The van der Waals surface area contributed by atoms with Crippen molar-refractivity contribution >= 4 is 33.2 Å². The topological polar surface area (TPSA) is 41.0 Å². The van der Waals surface area contributed by atoms with E-state index in [0.29, 0.717) is 6.04 Å². The van der Waals surface area contributed by atoms with E-state index in [9.17, 15) is 0 Å². The molecule has 3 rings (SSSR count). The molecule has 0 spiro atoms. The normalized spacial score (nSPS) is 19.7. The second-order valence-electron chi connectivity index (χ2n) is 4.67. The molecule has 1 saturated heterocycles. The van der Waals surface area contributed by atoms with Crippen LogP contribution in [0, 0.1) is 0 Å². The molecule has 1 aliphatic rings. The molecule has 3 heterocycles. The summed E-state index contributed by atoms with van der Waals surface area (Å²) in [6.07, 6.45) is 4.68. The zero-order valence-corrected chi connectivity index (χ0v) is 12.8. The molecule has 0 radical (unpaired) electrons. The third-order valence-corrected chi connectivity index (χ3v) is 4.85. The van der Waals surface area contributed by atoms with Crippen molar-refractivity contribution in [3.05, 3.63) is 39.3 Å². The lowest BCUT2D eigenvalue weighted by atomic mass is 10.3. The lowest BCUT2D eigenvalue weighted by molar-refractivity contribution is 0.331. The summed E-state index contributed by atoms with van der Waals surface area (Å²) in [5.74, 6) is 0.730. The van der Waals surface area contributed by atoms with Crippen molar-refractivity contribution in [1.82, 2.24) is 14.9 Å². The maximum Gasteiger partial charge on any atom is 0.222 e. The van der Waals surface area contributed by atoms with Crippen LogP contribution in [-0.4, -0.2) is 34.0 Å². The van der Waals surface area contributed by atoms with Crippen LogP contribution in [0.5, 0.6) is 0 Å². The van der Waals surface area contributed by atoms with Gasteiger partial charge in [0.1, 0.15) is 0 Å². The van der Waals surface area contributed by atoms with Crippen LogP contribution in [0.25, 0.3) is 0 Å². The molecule has 1 atom stereocenters. The molecule has 1 aliphatic heterocycles. The number of rotatable bonds is 4. The smallest absolute Gasteiger partial charge is 0.222 e. The second kappa shape index (κ2) is 5.98. The summed E-state index contributed by atoms with van der Waals surface area (Å²) in [6, 6.07) is 4.48. The Kier molecular flexibility index (Phi) is 4.10. The van der Waals surface area contributed by atoms with Gasteiger partial charge < -0.3 is 5.32 Å². The van der Waals surface area contributed by atoms with E-state index in [0.717, 1.165) is 32.0 Å². The molecule has 19 heavy (non-hydrogen) atoms. The first kappa shape index (κ1) is 13.0. The van der Waals surface area contributed by atoms with Gasteiger partial charge in [0, 0.05) is 52.8 Å². The molecular formula is C13H15BrN4S. The van der Waals surface area contributed by atoms with Gasteiger partial charge in [-0.05, 0) is 34.5 Å². The molecule has 1 unspecified atom stereocenters. The number of hydrogen-bond donors (Lipinski definition) is 1. The van der Waals surface area contributed by atoms with E-state index < -0.39 is 0 Å². The molecule has 0 aliphatic carbocycles. The van der Waals surface area contributed by atoms with E-state index in [1.54, 1.807) is 12.4 Å². The van der Waals surface area contributed by atoms with Gasteiger partial charge in [-0.1, -0.05) is 0 Å². The van der Waals surface area contributed by atoms with Crippen molar-refractivity contribution in [2.75, 3.05) is 18.4 Å². The zero-order valence-electron chi connectivity index (χ0n) is 10.4. The van der Waals surface area contributed by atoms with E-state index >= 15 is 0 Å². The van der Waals surface area contributed by atoms with Crippen LogP contribution in [0.1, 0.15) is 11.3 Å². The van der Waals surface area contributed by atoms with E-state index in [-0.39, 0.29) is 0 Å². The number of nitrogens with zero attached hydrogens (tertiary/aromatic N) is 3. The minimum absolute atomic E-state index is 0.450. The summed E-state index contributed by atoms with van der Waals surface area (Å²) in [4.78, 5) is 12.3. The fourth-order valence-corrected chi connectivity index (χ4v) is 3.80. The number of thiophene rings is 1. The molecule has 0 bridgehead atoms. The molecule has 100 valence electrons. The SMILES string of the molecule is Brc1csc(CN2CCC(Nc3ncccn3)C2)c1. The molecule has 0 saturated carbocycles. The molecule has 6 heteroatoms. The largest absolute Gasteiger partial charge is 0.350 e. The first-order chi connectivity index (χ1) is 9.29. The number of anilines is 1. The van der Waals surface area contributed by atoms with Crippen LogP contribution in [-0.2, 0) is 6.54 Å². The Bertz CT molecular complexity index is 530. The van der Waals surface area contributed by atoms with Crippen LogP contribution in [0.4, 0.5) is 5.95 Å². The Morgan fingerprint density at radius 2 is 2.26 bits per heavy atom. The predicted molar refractivity (Wildman–Crippen MR) is 81.4 cm³/mol. The zero-order chi connectivity index (χ0) is 13.1. The lowest BCUT2D eigenvalue weighted by Gasteiger charge is -2.15. The third-order valence-electron chi connectivity index (χ3n) is 3.17. The molecule has 1 N–H and O–H groups in total. The Labute approximate surface area is 125 Å². The molecule has 2 aromatic rings. The van der Waals surface area contributed by atoms with Gasteiger partial charge in [-0.15, -0.1) is 11.3 Å². The van der Waals surface area contributed by atoms with E-state index in [4.69, 9.17) is 0 Å². The predicted octanol–water partition coefficient (Wildman–Crippen LogP) is 2.99. The van der Waals surface area contributed by atoms with Gasteiger partial charge in [0.2, 0.25) is 5.95 Å². The van der Waals surface area contributed by atoms with Gasteiger partial charge >= 0.3 is 0 Å². The van der Waals surface area contributed by atoms with Gasteiger partial charge in [0.25, 0.3) is 0 Å². The van der Waals surface area contributed by atoms with Crippen molar-refractivity contribution in [3.8, 4) is 0 Å². The summed E-state index contributed by atoms with van der Waals surface area (Å²) in [5.41, 5.74) is 0. The van der Waals surface area contributed by atoms with Crippen LogP contribution < -0.4 is 5.32 Å². The molecule has 0 aromatic carbocycles. The van der Waals surface area contributed by atoms with Crippen LogP contribution >= 0.6 is 27.3 Å². The quantitative estimate of drug-likeness (QED) is 0.930. The summed E-state index contributed by atoms with van der Waals surface area (Å²) >= 11 is 5.31.